The smallest absolute Gasteiger partial charge is 0.225 e. The van der Waals surface area contributed by atoms with Crippen molar-refractivity contribution in [2.24, 2.45) is 0 Å². The number of likely N-dealkylation sites (N-methyl/N-ethyl adjacent to an activating group) is 1. The number of amides is 1. The van der Waals surface area contributed by atoms with Crippen molar-refractivity contribution in [3.05, 3.63) is 24.3 Å². The molecule has 2 rings (SSSR count). The third-order valence-electron chi connectivity index (χ3n) is 3.45. The Balaban J connectivity index is 1.71. The summed E-state index contributed by atoms with van der Waals surface area (Å²) in [5.41, 5.74) is 7.11. The summed E-state index contributed by atoms with van der Waals surface area (Å²) in [4.78, 5) is 16.5. The van der Waals surface area contributed by atoms with Crippen molar-refractivity contribution >= 4 is 17.3 Å². The summed E-state index contributed by atoms with van der Waals surface area (Å²) in [7, 11) is 2.13. The molecule has 0 radical (unpaired) electrons. The minimum atomic E-state index is 0.0590. The highest BCUT2D eigenvalue weighted by molar-refractivity contribution is 5.90. The Morgan fingerprint density at radius 3 is 2.47 bits per heavy atom. The average molecular weight is 262 g/mol. The number of nitrogen functional groups attached to an aromatic ring is 1. The molecule has 19 heavy (non-hydrogen) atoms. The number of hydrogen-bond acceptors (Lipinski definition) is 4. The Morgan fingerprint density at radius 1 is 1.21 bits per heavy atom. The molecule has 104 valence electrons. The SMILES string of the molecule is CN1CCN(CCC(=O)Nc2ccc(N)cc2)CC1. The first-order chi connectivity index (χ1) is 9.13. The first-order valence-electron chi connectivity index (χ1n) is 6.70. The van der Waals surface area contributed by atoms with Gasteiger partial charge in [0.15, 0.2) is 0 Å². The van der Waals surface area contributed by atoms with Gasteiger partial charge in [0.05, 0.1) is 0 Å². The molecule has 1 amide bonds. The predicted octanol–water partition coefficient (Wildman–Crippen LogP) is 0.845. The maximum atomic E-state index is 11.8. The van der Waals surface area contributed by atoms with Crippen LogP contribution in [0.5, 0.6) is 0 Å². The molecule has 1 aromatic carbocycles. The van der Waals surface area contributed by atoms with E-state index in [1.807, 2.05) is 12.1 Å². The van der Waals surface area contributed by atoms with Crippen LogP contribution in [0.15, 0.2) is 24.3 Å². The van der Waals surface area contributed by atoms with Gasteiger partial charge in [-0.05, 0) is 31.3 Å². The maximum absolute atomic E-state index is 11.8. The summed E-state index contributed by atoms with van der Waals surface area (Å²) in [6.45, 7) is 5.09. The summed E-state index contributed by atoms with van der Waals surface area (Å²) in [5.74, 6) is 0.0590. The molecule has 0 bridgehead atoms. The third-order valence-corrected chi connectivity index (χ3v) is 3.45. The standard InChI is InChI=1S/C14H22N4O/c1-17-8-10-18(11-9-17)7-6-14(19)16-13-4-2-12(15)3-5-13/h2-5H,6-11,15H2,1H3,(H,16,19). The van der Waals surface area contributed by atoms with Gasteiger partial charge in [-0.1, -0.05) is 0 Å². The van der Waals surface area contributed by atoms with Crippen LogP contribution in [0.4, 0.5) is 11.4 Å². The van der Waals surface area contributed by atoms with Crippen LogP contribution in [0.25, 0.3) is 0 Å². The molecule has 0 aliphatic carbocycles. The number of hydrogen-bond donors (Lipinski definition) is 2. The number of nitrogens with one attached hydrogen (secondary N) is 1. The number of carbonyl (C=O) groups is 1. The lowest BCUT2D eigenvalue weighted by atomic mass is 10.2. The van der Waals surface area contributed by atoms with E-state index in [2.05, 4.69) is 22.2 Å². The summed E-state index contributed by atoms with van der Waals surface area (Å²) >= 11 is 0. The van der Waals surface area contributed by atoms with Gasteiger partial charge in [-0.2, -0.15) is 0 Å². The number of anilines is 2. The fourth-order valence-corrected chi connectivity index (χ4v) is 2.12. The monoisotopic (exact) mass is 262 g/mol. The van der Waals surface area contributed by atoms with Crippen molar-refractivity contribution in [3.8, 4) is 0 Å². The highest BCUT2D eigenvalue weighted by atomic mass is 16.1. The molecule has 1 saturated heterocycles. The molecule has 1 fully saturated rings. The molecule has 1 aliphatic heterocycles. The Bertz CT molecular complexity index is 410. The summed E-state index contributed by atoms with van der Waals surface area (Å²) in [5, 5.41) is 2.89. The fourth-order valence-electron chi connectivity index (χ4n) is 2.12. The molecule has 5 nitrogen and oxygen atoms in total. The molecule has 0 saturated carbocycles. The van der Waals surface area contributed by atoms with Crippen LogP contribution < -0.4 is 11.1 Å². The fraction of sp³-hybridized carbons (Fsp3) is 0.500. The quantitative estimate of drug-likeness (QED) is 0.790. The number of nitrogens with zero attached hydrogens (tertiary/aromatic N) is 2. The van der Waals surface area contributed by atoms with Gasteiger partial charge in [-0.3, -0.25) is 4.79 Å². The average Bonchev–Trinajstić information content (AvgIpc) is 2.41. The third kappa shape index (κ3) is 4.54. The second kappa shape index (κ2) is 6.54. The van der Waals surface area contributed by atoms with Crippen LogP contribution in [0.1, 0.15) is 6.42 Å². The molecule has 3 N–H and O–H groups in total. The first kappa shape index (κ1) is 13.8. The lowest BCUT2D eigenvalue weighted by Gasteiger charge is -2.32. The van der Waals surface area contributed by atoms with Gasteiger partial charge in [-0.15, -0.1) is 0 Å². The van der Waals surface area contributed by atoms with Crippen LogP contribution in [0.2, 0.25) is 0 Å². The molecular weight excluding hydrogens is 240 g/mol. The van der Waals surface area contributed by atoms with Gasteiger partial charge in [-0.25, -0.2) is 0 Å². The van der Waals surface area contributed by atoms with Crippen molar-refractivity contribution in [2.45, 2.75) is 6.42 Å². The van der Waals surface area contributed by atoms with E-state index in [0.29, 0.717) is 12.1 Å². The van der Waals surface area contributed by atoms with Crippen LogP contribution in [0, 0.1) is 0 Å². The zero-order chi connectivity index (χ0) is 13.7. The zero-order valence-electron chi connectivity index (χ0n) is 11.4. The largest absolute Gasteiger partial charge is 0.399 e. The normalized spacial score (nSPS) is 17.3. The predicted molar refractivity (Wildman–Crippen MR) is 78.0 cm³/mol. The molecule has 1 aliphatic rings. The minimum Gasteiger partial charge on any atom is -0.399 e. The van der Waals surface area contributed by atoms with Crippen molar-refractivity contribution < 1.29 is 4.79 Å². The van der Waals surface area contributed by atoms with E-state index in [9.17, 15) is 4.79 Å². The van der Waals surface area contributed by atoms with E-state index in [4.69, 9.17) is 5.73 Å². The summed E-state index contributed by atoms with van der Waals surface area (Å²) in [6, 6.07) is 7.22. The van der Waals surface area contributed by atoms with Crippen molar-refractivity contribution in [1.82, 2.24) is 9.80 Å². The van der Waals surface area contributed by atoms with Gasteiger partial charge < -0.3 is 20.9 Å². The molecule has 5 heteroatoms. The van der Waals surface area contributed by atoms with Gasteiger partial charge in [0.1, 0.15) is 0 Å². The van der Waals surface area contributed by atoms with Crippen molar-refractivity contribution in [1.29, 1.82) is 0 Å². The van der Waals surface area contributed by atoms with Gasteiger partial charge in [0, 0.05) is 50.5 Å². The first-order valence-corrected chi connectivity index (χ1v) is 6.70. The Morgan fingerprint density at radius 2 is 1.84 bits per heavy atom. The van der Waals surface area contributed by atoms with Crippen molar-refractivity contribution in [2.75, 3.05) is 50.8 Å². The van der Waals surface area contributed by atoms with Gasteiger partial charge >= 0.3 is 0 Å². The van der Waals surface area contributed by atoms with Crippen LogP contribution >= 0.6 is 0 Å². The van der Waals surface area contributed by atoms with E-state index in [0.717, 1.165) is 38.4 Å². The lowest BCUT2D eigenvalue weighted by molar-refractivity contribution is -0.116. The number of benzene rings is 1. The van der Waals surface area contributed by atoms with E-state index in [1.54, 1.807) is 12.1 Å². The van der Waals surface area contributed by atoms with Crippen LogP contribution in [0.3, 0.4) is 0 Å². The van der Waals surface area contributed by atoms with E-state index < -0.39 is 0 Å². The van der Waals surface area contributed by atoms with Crippen molar-refractivity contribution in [3.63, 3.8) is 0 Å². The lowest BCUT2D eigenvalue weighted by Crippen LogP contribution is -2.45. The molecule has 0 unspecified atom stereocenters. The second-order valence-corrected chi connectivity index (χ2v) is 5.07. The zero-order valence-corrected chi connectivity index (χ0v) is 11.4. The Hall–Kier alpha value is -1.59. The van der Waals surface area contributed by atoms with E-state index >= 15 is 0 Å². The number of piperazine rings is 1. The second-order valence-electron chi connectivity index (χ2n) is 5.07. The number of rotatable bonds is 4. The molecular formula is C14H22N4O. The molecule has 1 aromatic rings. The molecule has 0 atom stereocenters. The highest BCUT2D eigenvalue weighted by Gasteiger charge is 2.14. The van der Waals surface area contributed by atoms with Crippen LogP contribution in [-0.4, -0.2) is 55.5 Å². The van der Waals surface area contributed by atoms with E-state index in [-0.39, 0.29) is 5.91 Å². The highest BCUT2D eigenvalue weighted by Crippen LogP contribution is 2.11. The molecule has 0 aromatic heterocycles. The van der Waals surface area contributed by atoms with Gasteiger partial charge in [0.25, 0.3) is 0 Å². The maximum Gasteiger partial charge on any atom is 0.225 e. The topological polar surface area (TPSA) is 61.6 Å². The van der Waals surface area contributed by atoms with E-state index in [1.165, 1.54) is 0 Å². The number of nitrogens with two attached hydrogens (primary N) is 1. The van der Waals surface area contributed by atoms with Crippen LogP contribution in [-0.2, 0) is 4.79 Å². The Labute approximate surface area is 114 Å². The molecule has 1 heterocycles. The number of carbonyl (C=O) groups excluding carboxylic acids is 1. The van der Waals surface area contributed by atoms with Gasteiger partial charge in [0.2, 0.25) is 5.91 Å². The molecule has 0 spiro atoms. The Kier molecular flexibility index (Phi) is 4.76. The summed E-state index contributed by atoms with van der Waals surface area (Å²) < 4.78 is 0. The minimum absolute atomic E-state index is 0.0590. The summed E-state index contributed by atoms with van der Waals surface area (Å²) in [6.07, 6.45) is 0.536.